The number of urea groups is 1. The summed E-state index contributed by atoms with van der Waals surface area (Å²) in [6.07, 6.45) is 0. The number of carbonyl (C=O) groups excluding carboxylic acids is 1. The van der Waals surface area contributed by atoms with Crippen LogP contribution in [-0.2, 0) is 6.54 Å². The van der Waals surface area contributed by atoms with Crippen molar-refractivity contribution >= 4 is 33.3 Å². The third-order valence-corrected chi connectivity index (χ3v) is 4.14. The highest BCUT2D eigenvalue weighted by molar-refractivity contribution is 9.10. The van der Waals surface area contributed by atoms with Gasteiger partial charge in [-0.15, -0.1) is 11.3 Å². The lowest BCUT2D eigenvalue weighted by Crippen LogP contribution is -2.49. The number of nitrogens with one attached hydrogen (secondary N) is 2. The lowest BCUT2D eigenvalue weighted by molar-refractivity contribution is 0.190. The highest BCUT2D eigenvalue weighted by atomic mass is 79.9. The zero-order valence-corrected chi connectivity index (χ0v) is 11.2. The number of thiophene rings is 1. The Balaban J connectivity index is 1.78. The summed E-state index contributed by atoms with van der Waals surface area (Å²) in [6, 6.07) is 2.06. The molecule has 2 rings (SSSR count). The molecule has 0 radical (unpaired) electrons. The molecule has 1 aliphatic heterocycles. The van der Waals surface area contributed by atoms with Crippen LogP contribution in [0, 0.1) is 0 Å². The Morgan fingerprint density at radius 1 is 1.56 bits per heavy atom. The van der Waals surface area contributed by atoms with E-state index < -0.39 is 0 Å². The van der Waals surface area contributed by atoms with Gasteiger partial charge in [-0.1, -0.05) is 0 Å². The molecule has 0 saturated carbocycles. The van der Waals surface area contributed by atoms with E-state index in [1.807, 2.05) is 16.3 Å². The summed E-state index contributed by atoms with van der Waals surface area (Å²) in [4.78, 5) is 14.8. The Labute approximate surface area is 107 Å². The van der Waals surface area contributed by atoms with Gasteiger partial charge in [0.15, 0.2) is 0 Å². The van der Waals surface area contributed by atoms with Gasteiger partial charge in [0.25, 0.3) is 0 Å². The second-order valence-electron chi connectivity index (χ2n) is 3.63. The molecule has 0 atom stereocenters. The molecule has 0 aliphatic carbocycles. The Hall–Kier alpha value is -0.590. The molecule has 2 N–H and O–H groups in total. The number of carbonyl (C=O) groups is 1. The minimum Gasteiger partial charge on any atom is -0.333 e. The van der Waals surface area contributed by atoms with Gasteiger partial charge >= 0.3 is 6.03 Å². The number of halogens is 1. The fraction of sp³-hybridized carbons (Fsp3) is 0.500. The monoisotopic (exact) mass is 303 g/mol. The van der Waals surface area contributed by atoms with E-state index in [9.17, 15) is 4.79 Å². The lowest BCUT2D eigenvalue weighted by Gasteiger charge is -2.27. The fourth-order valence-electron chi connectivity index (χ4n) is 1.59. The molecule has 0 spiro atoms. The molecule has 0 unspecified atom stereocenters. The van der Waals surface area contributed by atoms with Crippen molar-refractivity contribution in [3.05, 3.63) is 20.8 Å². The molecule has 0 bridgehead atoms. The van der Waals surface area contributed by atoms with Crippen molar-refractivity contribution < 1.29 is 4.79 Å². The van der Waals surface area contributed by atoms with Crippen LogP contribution in [0.15, 0.2) is 15.9 Å². The minimum absolute atomic E-state index is 0.0334. The SMILES string of the molecule is O=C(NCc1cc(Br)cs1)N1CCNCC1. The molecule has 6 heteroatoms. The summed E-state index contributed by atoms with van der Waals surface area (Å²) < 4.78 is 1.07. The van der Waals surface area contributed by atoms with Gasteiger partial charge in [0.05, 0.1) is 6.54 Å². The van der Waals surface area contributed by atoms with Crippen molar-refractivity contribution in [1.82, 2.24) is 15.5 Å². The third-order valence-electron chi connectivity index (χ3n) is 2.44. The van der Waals surface area contributed by atoms with Crippen LogP contribution in [0.5, 0.6) is 0 Å². The van der Waals surface area contributed by atoms with E-state index in [4.69, 9.17) is 0 Å². The number of amides is 2. The summed E-state index contributed by atoms with van der Waals surface area (Å²) >= 11 is 5.04. The van der Waals surface area contributed by atoms with Crippen LogP contribution in [-0.4, -0.2) is 37.1 Å². The molecule has 1 fully saturated rings. The second kappa shape index (κ2) is 5.65. The predicted molar refractivity (Wildman–Crippen MR) is 68.7 cm³/mol. The predicted octanol–water partition coefficient (Wildman–Crippen LogP) is 1.63. The normalized spacial score (nSPS) is 16.2. The molecular formula is C10H14BrN3OS. The zero-order chi connectivity index (χ0) is 11.4. The molecule has 88 valence electrons. The molecule has 4 nitrogen and oxygen atoms in total. The summed E-state index contributed by atoms with van der Waals surface area (Å²) in [6.45, 7) is 3.97. The zero-order valence-electron chi connectivity index (χ0n) is 8.83. The standard InChI is InChI=1S/C10H14BrN3OS/c11-8-5-9(16-7-8)6-13-10(15)14-3-1-12-2-4-14/h5,7,12H,1-4,6H2,(H,13,15). The first-order valence-electron chi connectivity index (χ1n) is 5.22. The van der Waals surface area contributed by atoms with E-state index >= 15 is 0 Å². The maximum Gasteiger partial charge on any atom is 0.317 e. The number of nitrogens with zero attached hydrogens (tertiary/aromatic N) is 1. The van der Waals surface area contributed by atoms with Gasteiger partial charge in [0, 0.05) is 40.9 Å². The molecule has 0 aromatic carbocycles. The molecule has 1 aliphatic rings. The quantitative estimate of drug-likeness (QED) is 0.872. The van der Waals surface area contributed by atoms with E-state index in [0.717, 1.165) is 35.5 Å². The van der Waals surface area contributed by atoms with E-state index in [2.05, 4.69) is 26.6 Å². The first-order chi connectivity index (χ1) is 7.75. The number of piperazine rings is 1. The maximum absolute atomic E-state index is 11.8. The van der Waals surface area contributed by atoms with Gasteiger partial charge in [-0.25, -0.2) is 4.79 Å². The van der Waals surface area contributed by atoms with Crippen molar-refractivity contribution in [3.8, 4) is 0 Å². The molecular weight excluding hydrogens is 290 g/mol. The summed E-state index contributed by atoms with van der Waals surface area (Å²) in [5, 5.41) is 8.17. The fourth-order valence-corrected chi connectivity index (χ4v) is 2.98. The van der Waals surface area contributed by atoms with E-state index in [1.54, 1.807) is 11.3 Å². The Kier molecular flexibility index (Phi) is 4.20. The van der Waals surface area contributed by atoms with Crippen molar-refractivity contribution in [2.45, 2.75) is 6.54 Å². The first-order valence-corrected chi connectivity index (χ1v) is 6.89. The molecule has 1 aromatic heterocycles. The number of hydrogen-bond donors (Lipinski definition) is 2. The average Bonchev–Trinajstić information content (AvgIpc) is 2.73. The maximum atomic E-state index is 11.8. The molecule has 16 heavy (non-hydrogen) atoms. The van der Waals surface area contributed by atoms with Crippen LogP contribution in [0.3, 0.4) is 0 Å². The van der Waals surface area contributed by atoms with Crippen LogP contribution < -0.4 is 10.6 Å². The largest absolute Gasteiger partial charge is 0.333 e. The summed E-state index contributed by atoms with van der Waals surface area (Å²) in [5.74, 6) is 0. The van der Waals surface area contributed by atoms with Gasteiger partial charge in [-0.3, -0.25) is 0 Å². The molecule has 2 heterocycles. The van der Waals surface area contributed by atoms with Crippen LogP contribution in [0.1, 0.15) is 4.88 Å². The van der Waals surface area contributed by atoms with Gasteiger partial charge in [-0.2, -0.15) is 0 Å². The average molecular weight is 304 g/mol. The Morgan fingerprint density at radius 2 is 2.31 bits per heavy atom. The number of hydrogen-bond acceptors (Lipinski definition) is 3. The van der Waals surface area contributed by atoms with Gasteiger partial charge in [0.1, 0.15) is 0 Å². The van der Waals surface area contributed by atoms with Crippen molar-refractivity contribution in [2.75, 3.05) is 26.2 Å². The Morgan fingerprint density at radius 3 is 2.94 bits per heavy atom. The highest BCUT2D eigenvalue weighted by Crippen LogP contribution is 2.19. The van der Waals surface area contributed by atoms with Crippen molar-refractivity contribution in [3.63, 3.8) is 0 Å². The van der Waals surface area contributed by atoms with E-state index in [-0.39, 0.29) is 6.03 Å². The Bertz CT molecular complexity index is 363. The summed E-state index contributed by atoms with van der Waals surface area (Å²) in [7, 11) is 0. The smallest absolute Gasteiger partial charge is 0.317 e. The van der Waals surface area contributed by atoms with Gasteiger partial charge < -0.3 is 15.5 Å². The number of rotatable bonds is 2. The van der Waals surface area contributed by atoms with Crippen LogP contribution in [0.25, 0.3) is 0 Å². The third kappa shape index (κ3) is 3.20. The van der Waals surface area contributed by atoms with E-state index in [1.165, 1.54) is 0 Å². The topological polar surface area (TPSA) is 44.4 Å². The van der Waals surface area contributed by atoms with Gasteiger partial charge in [0.2, 0.25) is 0 Å². The second-order valence-corrected chi connectivity index (χ2v) is 5.54. The van der Waals surface area contributed by atoms with Gasteiger partial charge in [-0.05, 0) is 22.0 Å². The first kappa shape index (κ1) is 11.9. The van der Waals surface area contributed by atoms with E-state index in [0.29, 0.717) is 6.54 Å². The highest BCUT2D eigenvalue weighted by Gasteiger charge is 2.15. The molecule has 2 amide bonds. The van der Waals surface area contributed by atoms with Crippen molar-refractivity contribution in [1.29, 1.82) is 0 Å². The molecule has 1 aromatic rings. The minimum atomic E-state index is 0.0334. The van der Waals surface area contributed by atoms with Crippen LogP contribution in [0.4, 0.5) is 4.79 Å². The lowest BCUT2D eigenvalue weighted by atomic mass is 10.4. The van der Waals surface area contributed by atoms with Crippen LogP contribution in [0.2, 0.25) is 0 Å². The van der Waals surface area contributed by atoms with Crippen molar-refractivity contribution in [2.24, 2.45) is 0 Å². The molecule has 1 saturated heterocycles. The summed E-state index contributed by atoms with van der Waals surface area (Å²) in [5.41, 5.74) is 0. The van der Waals surface area contributed by atoms with Crippen LogP contribution >= 0.6 is 27.3 Å².